The normalized spacial score (nSPS) is 52.8. The highest BCUT2D eigenvalue weighted by Crippen LogP contribution is 2.82. The first-order valence-corrected chi connectivity index (χ1v) is 14.4. The molecule has 0 unspecified atom stereocenters. The minimum absolute atomic E-state index is 0.0437. The Labute approximate surface area is 229 Å². The molecule has 4 aliphatic carbocycles. The molecule has 0 aromatic carbocycles. The topological polar surface area (TPSA) is 132 Å². The lowest BCUT2D eigenvalue weighted by Gasteiger charge is -2.70. The van der Waals surface area contributed by atoms with Crippen LogP contribution in [-0.2, 0) is 33.3 Å². The van der Waals surface area contributed by atoms with Crippen LogP contribution in [-0.4, -0.2) is 64.4 Å². The number of carbonyl (C=O) groups is 3. The van der Waals surface area contributed by atoms with Gasteiger partial charge in [0, 0.05) is 53.6 Å². The molecule has 0 aromatic rings. The van der Waals surface area contributed by atoms with Gasteiger partial charge in [0.05, 0.1) is 12.2 Å². The van der Waals surface area contributed by atoms with Crippen LogP contribution >= 0.6 is 0 Å². The molecule has 12 atom stereocenters. The molecule has 2 N–H and O–H groups in total. The summed E-state index contributed by atoms with van der Waals surface area (Å²) in [7, 11) is 0. The van der Waals surface area contributed by atoms with Crippen LogP contribution in [0.4, 0.5) is 0 Å². The van der Waals surface area contributed by atoms with E-state index in [0.717, 1.165) is 12.8 Å². The van der Waals surface area contributed by atoms with E-state index in [1.165, 1.54) is 19.9 Å². The van der Waals surface area contributed by atoms with Gasteiger partial charge in [-0.1, -0.05) is 34.6 Å². The number of hydrogen-bond donors (Lipinski definition) is 2. The largest absolute Gasteiger partial charge is 0.462 e. The van der Waals surface area contributed by atoms with Crippen molar-refractivity contribution in [2.45, 2.75) is 117 Å². The Hall–Kier alpha value is -1.97. The maximum absolute atomic E-state index is 12.4. The number of carbonyl (C=O) groups excluding carboxylic acids is 3. The fourth-order valence-electron chi connectivity index (χ4n) is 11.0. The number of rotatable bonds is 3. The Morgan fingerprint density at radius 3 is 2.18 bits per heavy atom. The Morgan fingerprint density at radius 1 is 0.949 bits per heavy atom. The van der Waals surface area contributed by atoms with Crippen LogP contribution in [0.2, 0.25) is 0 Å². The summed E-state index contributed by atoms with van der Waals surface area (Å²) in [6, 6.07) is 0. The van der Waals surface area contributed by atoms with Gasteiger partial charge in [0.25, 0.3) is 0 Å². The molecule has 5 fully saturated rings. The Kier molecular flexibility index (Phi) is 5.63. The standard InChI is InChI=1S/C30H42O9/c1-14(31)36-21-13-22(37-15(2)32)28(6)18-8-9-27(5)17(16-10-24(34)38-25(16)35)11-23-30(27,39-23)29(18,7)20(33)12-19(28)26(21,3)4/h10,17-23,25,33,35H,8-9,11-13H2,1-7H3/t17-,18-,19+,20+,21+,22-,23+,25-,27-,28+,29-,30+/m0/s1. The van der Waals surface area contributed by atoms with Gasteiger partial charge in [-0.05, 0) is 43.4 Å². The summed E-state index contributed by atoms with van der Waals surface area (Å²) in [4.78, 5) is 36.5. The lowest BCUT2D eigenvalue weighted by molar-refractivity contribution is -0.288. The number of esters is 3. The fourth-order valence-corrected chi connectivity index (χ4v) is 11.0. The summed E-state index contributed by atoms with van der Waals surface area (Å²) in [6.45, 7) is 13.5. The first kappa shape index (κ1) is 27.2. The summed E-state index contributed by atoms with van der Waals surface area (Å²) in [5, 5.41) is 22.7. The van der Waals surface area contributed by atoms with Gasteiger partial charge in [0.15, 0.2) is 0 Å². The van der Waals surface area contributed by atoms with Gasteiger partial charge in [-0.15, -0.1) is 0 Å². The first-order valence-electron chi connectivity index (χ1n) is 14.4. The molecule has 4 saturated carbocycles. The van der Waals surface area contributed by atoms with Crippen molar-refractivity contribution < 1.29 is 43.5 Å². The second-order valence-corrected chi connectivity index (χ2v) is 14.3. The molecule has 9 heteroatoms. The van der Waals surface area contributed by atoms with Crippen LogP contribution in [0.3, 0.4) is 0 Å². The molecule has 1 saturated heterocycles. The zero-order valence-corrected chi connectivity index (χ0v) is 24.0. The molecule has 2 heterocycles. The molecule has 0 bridgehead atoms. The van der Waals surface area contributed by atoms with Gasteiger partial charge < -0.3 is 29.2 Å². The van der Waals surface area contributed by atoms with Crippen molar-refractivity contribution >= 4 is 17.9 Å². The lowest BCUT2D eigenvalue weighted by Crippen LogP contribution is -2.73. The molecule has 0 radical (unpaired) electrons. The van der Waals surface area contributed by atoms with E-state index in [1.54, 1.807) is 0 Å². The van der Waals surface area contributed by atoms with Crippen molar-refractivity contribution in [2.75, 3.05) is 0 Å². The number of aliphatic hydroxyl groups excluding tert-OH is 2. The maximum atomic E-state index is 12.4. The second kappa shape index (κ2) is 8.07. The third-order valence-electron chi connectivity index (χ3n) is 12.6. The van der Waals surface area contributed by atoms with Crippen LogP contribution in [0.15, 0.2) is 11.6 Å². The SMILES string of the molecule is CC(=O)O[C@H]1C[C@@H](OC(C)=O)C(C)(C)[C@H]2C[C@@H](O)[C@]3(C)[C@@H](CC[C@@]4(C)[C@H](C5=CC(=O)O[C@@H]5O)C[C@H]5O[C@@]534)[C@@]12C. The van der Waals surface area contributed by atoms with Gasteiger partial charge in [-0.3, -0.25) is 9.59 Å². The fraction of sp³-hybridized carbons (Fsp3) is 0.833. The molecular weight excluding hydrogens is 504 g/mol. The Bertz CT molecular complexity index is 1160. The number of fused-ring (bicyclic) bond motifs is 3. The Balaban J connectivity index is 1.44. The zero-order chi connectivity index (χ0) is 28.5. The summed E-state index contributed by atoms with van der Waals surface area (Å²) >= 11 is 0. The number of epoxide rings is 1. The van der Waals surface area contributed by atoms with Gasteiger partial charge in [0.2, 0.25) is 6.29 Å². The van der Waals surface area contributed by atoms with Crippen molar-refractivity contribution in [3.05, 3.63) is 11.6 Å². The predicted molar refractivity (Wildman–Crippen MR) is 137 cm³/mol. The van der Waals surface area contributed by atoms with Crippen molar-refractivity contribution in [3.63, 3.8) is 0 Å². The second-order valence-electron chi connectivity index (χ2n) is 14.3. The smallest absolute Gasteiger partial charge is 0.333 e. The van der Waals surface area contributed by atoms with E-state index >= 15 is 0 Å². The number of cyclic esters (lactones) is 1. The van der Waals surface area contributed by atoms with E-state index in [-0.39, 0.29) is 35.8 Å². The summed E-state index contributed by atoms with van der Waals surface area (Å²) < 4.78 is 23.6. The summed E-state index contributed by atoms with van der Waals surface area (Å²) in [5.74, 6) is -1.50. The van der Waals surface area contributed by atoms with Crippen LogP contribution in [0.5, 0.6) is 0 Å². The van der Waals surface area contributed by atoms with Crippen molar-refractivity contribution in [2.24, 2.45) is 39.4 Å². The highest BCUT2D eigenvalue weighted by molar-refractivity contribution is 5.85. The van der Waals surface area contributed by atoms with E-state index in [2.05, 4.69) is 34.6 Å². The summed E-state index contributed by atoms with van der Waals surface area (Å²) in [5.41, 5.74) is -2.09. The third-order valence-corrected chi connectivity index (χ3v) is 12.6. The van der Waals surface area contributed by atoms with Crippen molar-refractivity contribution in [3.8, 4) is 0 Å². The highest BCUT2D eigenvalue weighted by Gasteiger charge is 2.87. The molecule has 6 aliphatic rings. The Morgan fingerprint density at radius 2 is 1.59 bits per heavy atom. The quantitative estimate of drug-likeness (QED) is 0.311. The van der Waals surface area contributed by atoms with Crippen molar-refractivity contribution in [1.82, 2.24) is 0 Å². The van der Waals surface area contributed by atoms with Crippen LogP contribution in [0.25, 0.3) is 0 Å². The molecule has 1 spiro atoms. The third kappa shape index (κ3) is 3.15. The van der Waals surface area contributed by atoms with Gasteiger partial charge in [0.1, 0.15) is 17.8 Å². The minimum atomic E-state index is -1.25. The molecule has 0 aromatic heterocycles. The number of hydrogen-bond acceptors (Lipinski definition) is 9. The van der Waals surface area contributed by atoms with E-state index in [4.69, 9.17) is 18.9 Å². The van der Waals surface area contributed by atoms with Gasteiger partial charge >= 0.3 is 17.9 Å². The molecule has 216 valence electrons. The minimum Gasteiger partial charge on any atom is -0.462 e. The average Bonchev–Trinajstić information content (AvgIpc) is 3.37. The predicted octanol–water partition coefficient (Wildman–Crippen LogP) is 3.05. The van der Waals surface area contributed by atoms with Crippen LogP contribution in [0.1, 0.15) is 80.6 Å². The van der Waals surface area contributed by atoms with E-state index in [0.29, 0.717) is 24.8 Å². The summed E-state index contributed by atoms with van der Waals surface area (Å²) in [6.07, 6.45) is 1.45. The average molecular weight is 547 g/mol. The molecule has 0 amide bonds. The first-order chi connectivity index (χ1) is 18.0. The monoisotopic (exact) mass is 546 g/mol. The molecule has 6 rings (SSSR count). The maximum Gasteiger partial charge on any atom is 0.333 e. The van der Waals surface area contributed by atoms with E-state index in [9.17, 15) is 24.6 Å². The van der Waals surface area contributed by atoms with E-state index in [1.807, 2.05) is 0 Å². The number of ether oxygens (including phenoxy) is 4. The number of aliphatic hydroxyl groups is 2. The molecular formula is C30H42O9. The molecule has 9 nitrogen and oxygen atoms in total. The zero-order valence-electron chi connectivity index (χ0n) is 24.0. The van der Waals surface area contributed by atoms with E-state index < -0.39 is 57.8 Å². The molecule has 2 aliphatic heterocycles. The van der Waals surface area contributed by atoms with Gasteiger partial charge in [-0.25, -0.2) is 4.79 Å². The van der Waals surface area contributed by atoms with Crippen LogP contribution in [0, 0.1) is 39.4 Å². The lowest BCUT2D eigenvalue weighted by atomic mass is 9.35. The van der Waals surface area contributed by atoms with Gasteiger partial charge in [-0.2, -0.15) is 0 Å². The highest BCUT2D eigenvalue weighted by atomic mass is 16.6. The molecule has 39 heavy (non-hydrogen) atoms. The van der Waals surface area contributed by atoms with Crippen LogP contribution < -0.4 is 0 Å². The van der Waals surface area contributed by atoms with Crippen molar-refractivity contribution in [1.29, 1.82) is 0 Å².